The molecule has 2 N–H and O–H groups in total. The van der Waals surface area contributed by atoms with Crippen molar-refractivity contribution in [1.82, 2.24) is 5.32 Å². The standard InChI is InChI=1S/C17H27NO/c1-13(2)10-14-6-5-8-16(11-14)18-12-15-7-3-4-9-17(15)19/h3-4,7,9,13-14,16,18-19H,5-6,8,10-12H2,1-2H3. The highest BCUT2D eigenvalue weighted by Crippen LogP contribution is 2.29. The molecule has 2 rings (SSSR count). The number of para-hydroxylation sites is 1. The van der Waals surface area contributed by atoms with Crippen LogP contribution in [0.2, 0.25) is 0 Å². The van der Waals surface area contributed by atoms with Gasteiger partial charge in [0, 0.05) is 18.2 Å². The van der Waals surface area contributed by atoms with Gasteiger partial charge in [-0.25, -0.2) is 0 Å². The molecule has 0 bridgehead atoms. The summed E-state index contributed by atoms with van der Waals surface area (Å²) in [5.41, 5.74) is 1.01. The summed E-state index contributed by atoms with van der Waals surface area (Å²) in [4.78, 5) is 0. The molecule has 2 nitrogen and oxygen atoms in total. The van der Waals surface area contributed by atoms with Gasteiger partial charge in [-0.2, -0.15) is 0 Å². The summed E-state index contributed by atoms with van der Waals surface area (Å²) in [7, 11) is 0. The molecule has 1 aromatic rings. The van der Waals surface area contributed by atoms with Crippen molar-refractivity contribution in [2.75, 3.05) is 0 Å². The fourth-order valence-corrected chi connectivity index (χ4v) is 3.27. The molecule has 1 saturated carbocycles. The number of nitrogens with one attached hydrogen (secondary N) is 1. The Bertz CT molecular complexity index is 389. The van der Waals surface area contributed by atoms with Crippen LogP contribution >= 0.6 is 0 Å². The maximum atomic E-state index is 9.77. The predicted octanol–water partition coefficient (Wildman–Crippen LogP) is 4.09. The number of phenolic OH excluding ortho intramolecular Hbond substituents is 1. The molecule has 19 heavy (non-hydrogen) atoms. The minimum atomic E-state index is 0.407. The van der Waals surface area contributed by atoms with Gasteiger partial charge in [0.2, 0.25) is 0 Å². The summed E-state index contributed by atoms with van der Waals surface area (Å²) < 4.78 is 0. The van der Waals surface area contributed by atoms with Crippen LogP contribution in [0, 0.1) is 11.8 Å². The molecule has 0 radical (unpaired) electrons. The Kier molecular flexibility index (Phi) is 5.26. The Labute approximate surface area is 117 Å². The molecule has 2 heteroatoms. The summed E-state index contributed by atoms with van der Waals surface area (Å²) >= 11 is 0. The lowest BCUT2D eigenvalue weighted by molar-refractivity contribution is 0.251. The van der Waals surface area contributed by atoms with Gasteiger partial charge in [-0.1, -0.05) is 44.9 Å². The third-order valence-corrected chi connectivity index (χ3v) is 4.16. The highest BCUT2D eigenvalue weighted by Gasteiger charge is 2.22. The number of benzene rings is 1. The fourth-order valence-electron chi connectivity index (χ4n) is 3.27. The van der Waals surface area contributed by atoms with E-state index in [1.807, 2.05) is 18.2 Å². The van der Waals surface area contributed by atoms with Crippen molar-refractivity contribution in [3.63, 3.8) is 0 Å². The van der Waals surface area contributed by atoms with Crippen molar-refractivity contribution < 1.29 is 5.11 Å². The lowest BCUT2D eigenvalue weighted by atomic mass is 9.81. The Morgan fingerprint density at radius 3 is 2.79 bits per heavy atom. The number of hydrogen-bond donors (Lipinski definition) is 2. The van der Waals surface area contributed by atoms with Crippen LogP contribution in [-0.2, 0) is 6.54 Å². The van der Waals surface area contributed by atoms with Crippen LogP contribution < -0.4 is 5.32 Å². The van der Waals surface area contributed by atoms with Gasteiger partial charge in [0.05, 0.1) is 0 Å². The summed E-state index contributed by atoms with van der Waals surface area (Å²) in [5, 5.41) is 13.4. The average Bonchev–Trinajstić information content (AvgIpc) is 2.37. The molecule has 1 aliphatic rings. The number of aromatic hydroxyl groups is 1. The molecule has 2 unspecified atom stereocenters. The van der Waals surface area contributed by atoms with Crippen LogP contribution in [0.3, 0.4) is 0 Å². The van der Waals surface area contributed by atoms with Crippen molar-refractivity contribution in [2.24, 2.45) is 11.8 Å². The summed E-state index contributed by atoms with van der Waals surface area (Å²) in [6, 6.07) is 8.24. The van der Waals surface area contributed by atoms with Crippen molar-refractivity contribution in [1.29, 1.82) is 0 Å². The Balaban J connectivity index is 1.81. The summed E-state index contributed by atoms with van der Waals surface area (Å²) in [6.45, 7) is 5.42. The summed E-state index contributed by atoms with van der Waals surface area (Å²) in [5.74, 6) is 2.10. The lowest BCUT2D eigenvalue weighted by Gasteiger charge is -2.31. The maximum absolute atomic E-state index is 9.77. The maximum Gasteiger partial charge on any atom is 0.120 e. The SMILES string of the molecule is CC(C)CC1CCCC(NCc2ccccc2O)C1. The van der Waals surface area contributed by atoms with Gasteiger partial charge in [0.15, 0.2) is 0 Å². The molecule has 0 aliphatic heterocycles. The molecular formula is C17H27NO. The molecule has 1 fully saturated rings. The molecule has 0 spiro atoms. The zero-order chi connectivity index (χ0) is 13.7. The molecule has 0 aromatic heterocycles. The van der Waals surface area contributed by atoms with E-state index < -0.39 is 0 Å². The molecule has 0 amide bonds. The van der Waals surface area contributed by atoms with Gasteiger partial charge in [-0.15, -0.1) is 0 Å². The van der Waals surface area contributed by atoms with E-state index in [0.29, 0.717) is 11.8 Å². The number of rotatable bonds is 5. The van der Waals surface area contributed by atoms with E-state index in [9.17, 15) is 5.11 Å². The zero-order valence-corrected chi connectivity index (χ0v) is 12.2. The fraction of sp³-hybridized carbons (Fsp3) is 0.647. The zero-order valence-electron chi connectivity index (χ0n) is 12.2. The van der Waals surface area contributed by atoms with Gasteiger partial charge in [0.1, 0.15) is 5.75 Å². The minimum absolute atomic E-state index is 0.407. The second-order valence-electron chi connectivity index (χ2n) is 6.37. The summed E-state index contributed by atoms with van der Waals surface area (Å²) in [6.07, 6.45) is 6.67. The first-order chi connectivity index (χ1) is 9.15. The minimum Gasteiger partial charge on any atom is -0.508 e. The average molecular weight is 261 g/mol. The lowest BCUT2D eigenvalue weighted by Crippen LogP contribution is -2.34. The van der Waals surface area contributed by atoms with E-state index in [2.05, 4.69) is 19.2 Å². The largest absolute Gasteiger partial charge is 0.508 e. The third kappa shape index (κ3) is 4.54. The Morgan fingerprint density at radius 2 is 2.05 bits per heavy atom. The van der Waals surface area contributed by atoms with E-state index >= 15 is 0 Å². The van der Waals surface area contributed by atoms with Crippen molar-refractivity contribution in [3.8, 4) is 5.75 Å². The molecule has 1 aromatic carbocycles. The van der Waals surface area contributed by atoms with Crippen LogP contribution in [-0.4, -0.2) is 11.1 Å². The topological polar surface area (TPSA) is 32.3 Å². The second-order valence-corrected chi connectivity index (χ2v) is 6.37. The first kappa shape index (κ1) is 14.4. The predicted molar refractivity (Wildman–Crippen MR) is 80.1 cm³/mol. The number of phenols is 1. The van der Waals surface area contributed by atoms with Crippen LogP contribution in [0.4, 0.5) is 0 Å². The van der Waals surface area contributed by atoms with E-state index in [1.165, 1.54) is 32.1 Å². The molecule has 1 aliphatic carbocycles. The molecule has 2 atom stereocenters. The van der Waals surface area contributed by atoms with Crippen LogP contribution in [0.15, 0.2) is 24.3 Å². The highest BCUT2D eigenvalue weighted by atomic mass is 16.3. The van der Waals surface area contributed by atoms with Crippen LogP contribution in [0.1, 0.15) is 51.5 Å². The molecule has 0 saturated heterocycles. The highest BCUT2D eigenvalue weighted by molar-refractivity contribution is 5.31. The van der Waals surface area contributed by atoms with E-state index in [0.717, 1.165) is 23.9 Å². The van der Waals surface area contributed by atoms with E-state index in [1.54, 1.807) is 6.07 Å². The Morgan fingerprint density at radius 1 is 1.26 bits per heavy atom. The van der Waals surface area contributed by atoms with Crippen LogP contribution in [0.25, 0.3) is 0 Å². The van der Waals surface area contributed by atoms with Gasteiger partial charge in [0.25, 0.3) is 0 Å². The van der Waals surface area contributed by atoms with Gasteiger partial charge < -0.3 is 10.4 Å². The normalized spacial score (nSPS) is 23.7. The van der Waals surface area contributed by atoms with Crippen molar-refractivity contribution in [3.05, 3.63) is 29.8 Å². The monoisotopic (exact) mass is 261 g/mol. The Hall–Kier alpha value is -1.02. The van der Waals surface area contributed by atoms with Crippen LogP contribution in [0.5, 0.6) is 5.75 Å². The first-order valence-corrected chi connectivity index (χ1v) is 7.65. The smallest absolute Gasteiger partial charge is 0.120 e. The molecule has 106 valence electrons. The van der Waals surface area contributed by atoms with Gasteiger partial charge in [-0.3, -0.25) is 0 Å². The van der Waals surface area contributed by atoms with Gasteiger partial charge >= 0.3 is 0 Å². The van der Waals surface area contributed by atoms with E-state index in [-0.39, 0.29) is 0 Å². The first-order valence-electron chi connectivity index (χ1n) is 7.65. The molecular weight excluding hydrogens is 234 g/mol. The molecule has 0 heterocycles. The second kappa shape index (κ2) is 6.95. The quantitative estimate of drug-likeness (QED) is 0.837. The van der Waals surface area contributed by atoms with E-state index in [4.69, 9.17) is 0 Å². The van der Waals surface area contributed by atoms with Crippen molar-refractivity contribution >= 4 is 0 Å². The van der Waals surface area contributed by atoms with Crippen molar-refractivity contribution in [2.45, 2.75) is 58.5 Å². The number of hydrogen-bond acceptors (Lipinski definition) is 2. The third-order valence-electron chi connectivity index (χ3n) is 4.16. The van der Waals surface area contributed by atoms with Gasteiger partial charge in [-0.05, 0) is 37.2 Å².